The number of aromatic nitrogens is 1. The first-order chi connectivity index (χ1) is 9.06. The van der Waals surface area contributed by atoms with E-state index in [1.54, 1.807) is 18.2 Å². The maximum Gasteiger partial charge on any atom is 0.337 e. The van der Waals surface area contributed by atoms with Gasteiger partial charge in [0, 0.05) is 21.8 Å². The van der Waals surface area contributed by atoms with Crippen molar-refractivity contribution in [3.05, 3.63) is 57.8 Å². The quantitative estimate of drug-likeness (QED) is 0.935. The zero-order valence-electron chi connectivity index (χ0n) is 9.64. The molecule has 0 spiro atoms. The van der Waals surface area contributed by atoms with Crippen LogP contribution in [0.2, 0.25) is 10.0 Å². The van der Waals surface area contributed by atoms with E-state index in [1.165, 1.54) is 18.5 Å². The number of hydrogen-bond donors (Lipinski definition) is 1. The fourth-order valence-corrected chi connectivity index (χ4v) is 1.88. The van der Waals surface area contributed by atoms with Gasteiger partial charge in [-0.3, -0.25) is 4.98 Å². The van der Waals surface area contributed by atoms with Crippen LogP contribution in [-0.4, -0.2) is 16.1 Å². The lowest BCUT2D eigenvalue weighted by atomic mass is 10.2. The molecule has 19 heavy (non-hydrogen) atoms. The predicted molar refractivity (Wildman–Crippen MR) is 72.0 cm³/mol. The minimum Gasteiger partial charge on any atom is -0.487 e. The standard InChI is InChI=1S/C13H9Cl2NO3/c14-10-2-1-8(12(15)4-10)7-19-11-3-9(13(17)18)5-16-6-11/h1-6H,7H2,(H,17,18). The minimum atomic E-state index is -1.05. The highest BCUT2D eigenvalue weighted by Crippen LogP contribution is 2.22. The van der Waals surface area contributed by atoms with E-state index in [0.717, 1.165) is 5.56 Å². The summed E-state index contributed by atoms with van der Waals surface area (Å²) in [7, 11) is 0. The average molecular weight is 298 g/mol. The van der Waals surface area contributed by atoms with E-state index >= 15 is 0 Å². The molecule has 0 amide bonds. The summed E-state index contributed by atoms with van der Waals surface area (Å²) in [6.07, 6.45) is 2.70. The van der Waals surface area contributed by atoms with Gasteiger partial charge in [-0.2, -0.15) is 0 Å². The molecule has 0 aliphatic carbocycles. The molecular weight excluding hydrogens is 289 g/mol. The highest BCUT2D eigenvalue weighted by Gasteiger charge is 2.06. The van der Waals surface area contributed by atoms with Crippen LogP contribution in [0.15, 0.2) is 36.7 Å². The first-order valence-corrected chi connectivity index (χ1v) is 6.07. The molecule has 0 atom stereocenters. The van der Waals surface area contributed by atoms with Crippen molar-refractivity contribution in [1.82, 2.24) is 4.98 Å². The van der Waals surface area contributed by atoms with Crippen LogP contribution < -0.4 is 4.74 Å². The first-order valence-electron chi connectivity index (χ1n) is 5.31. The second-order valence-corrected chi connectivity index (χ2v) is 4.58. The number of carboxylic acid groups (broad SMARTS) is 1. The Morgan fingerprint density at radius 3 is 2.74 bits per heavy atom. The summed E-state index contributed by atoms with van der Waals surface area (Å²) < 4.78 is 5.45. The van der Waals surface area contributed by atoms with E-state index in [1.807, 2.05) is 0 Å². The van der Waals surface area contributed by atoms with Gasteiger partial charge in [-0.25, -0.2) is 4.79 Å². The van der Waals surface area contributed by atoms with Crippen molar-refractivity contribution >= 4 is 29.2 Å². The normalized spacial score (nSPS) is 10.2. The van der Waals surface area contributed by atoms with Crippen LogP contribution in [0.25, 0.3) is 0 Å². The molecule has 0 saturated carbocycles. The van der Waals surface area contributed by atoms with Crippen molar-refractivity contribution in [2.24, 2.45) is 0 Å². The van der Waals surface area contributed by atoms with E-state index in [-0.39, 0.29) is 12.2 Å². The van der Waals surface area contributed by atoms with Gasteiger partial charge in [-0.1, -0.05) is 29.3 Å². The van der Waals surface area contributed by atoms with Gasteiger partial charge < -0.3 is 9.84 Å². The van der Waals surface area contributed by atoms with Crippen LogP contribution in [0.5, 0.6) is 5.75 Å². The highest BCUT2D eigenvalue weighted by atomic mass is 35.5. The third-order valence-corrected chi connectivity index (χ3v) is 2.96. The molecule has 98 valence electrons. The Morgan fingerprint density at radius 2 is 2.05 bits per heavy atom. The summed E-state index contributed by atoms with van der Waals surface area (Å²) in [5.41, 5.74) is 0.825. The largest absolute Gasteiger partial charge is 0.487 e. The topological polar surface area (TPSA) is 59.4 Å². The summed E-state index contributed by atoms with van der Waals surface area (Å²) in [5, 5.41) is 9.88. The molecule has 0 bridgehead atoms. The van der Waals surface area contributed by atoms with Gasteiger partial charge >= 0.3 is 5.97 Å². The summed E-state index contributed by atoms with van der Waals surface area (Å²) in [6, 6.07) is 6.48. The molecule has 1 heterocycles. The molecule has 2 aromatic rings. The van der Waals surface area contributed by atoms with Gasteiger partial charge in [0.1, 0.15) is 12.4 Å². The number of halogens is 2. The number of nitrogens with zero attached hydrogens (tertiary/aromatic N) is 1. The molecule has 0 saturated heterocycles. The van der Waals surface area contributed by atoms with Gasteiger partial charge in [0.2, 0.25) is 0 Å². The number of aromatic carboxylic acids is 1. The third-order valence-electron chi connectivity index (χ3n) is 2.37. The Labute approximate surface area is 119 Å². The van der Waals surface area contributed by atoms with Gasteiger partial charge in [0.15, 0.2) is 0 Å². The van der Waals surface area contributed by atoms with Crippen LogP contribution in [0.3, 0.4) is 0 Å². The lowest BCUT2D eigenvalue weighted by Crippen LogP contribution is -2.00. The predicted octanol–water partition coefficient (Wildman–Crippen LogP) is 3.67. The molecule has 4 nitrogen and oxygen atoms in total. The molecule has 1 aromatic carbocycles. The van der Waals surface area contributed by atoms with Crippen molar-refractivity contribution in [3.8, 4) is 5.75 Å². The zero-order valence-corrected chi connectivity index (χ0v) is 11.1. The van der Waals surface area contributed by atoms with Crippen molar-refractivity contribution < 1.29 is 14.6 Å². The summed E-state index contributed by atoms with van der Waals surface area (Å²) >= 11 is 11.8. The molecule has 0 radical (unpaired) electrons. The number of carboxylic acids is 1. The van der Waals surface area contributed by atoms with E-state index in [9.17, 15) is 4.79 Å². The zero-order chi connectivity index (χ0) is 13.8. The van der Waals surface area contributed by atoms with E-state index < -0.39 is 5.97 Å². The Bertz CT molecular complexity index is 617. The van der Waals surface area contributed by atoms with Crippen LogP contribution >= 0.6 is 23.2 Å². The van der Waals surface area contributed by atoms with Gasteiger partial charge in [-0.05, 0) is 18.2 Å². The molecule has 0 aliphatic rings. The summed E-state index contributed by atoms with van der Waals surface area (Å²) in [5.74, 6) is -0.687. The smallest absolute Gasteiger partial charge is 0.337 e. The third kappa shape index (κ3) is 3.59. The molecule has 0 fully saturated rings. The average Bonchev–Trinajstić information content (AvgIpc) is 2.38. The number of ether oxygens (including phenoxy) is 1. The van der Waals surface area contributed by atoms with Gasteiger partial charge in [0.25, 0.3) is 0 Å². The van der Waals surface area contributed by atoms with Crippen LogP contribution in [0.1, 0.15) is 15.9 Å². The molecule has 2 rings (SSSR count). The first kappa shape index (κ1) is 13.6. The Hall–Kier alpha value is -1.78. The van der Waals surface area contributed by atoms with Crippen LogP contribution in [0.4, 0.5) is 0 Å². The van der Waals surface area contributed by atoms with Crippen molar-refractivity contribution in [1.29, 1.82) is 0 Å². The van der Waals surface area contributed by atoms with Crippen LogP contribution in [-0.2, 0) is 6.61 Å². The monoisotopic (exact) mass is 297 g/mol. The van der Waals surface area contributed by atoms with Crippen molar-refractivity contribution in [2.75, 3.05) is 0 Å². The number of pyridine rings is 1. The SMILES string of the molecule is O=C(O)c1cncc(OCc2ccc(Cl)cc2Cl)c1. The molecule has 6 heteroatoms. The fourth-order valence-electron chi connectivity index (χ4n) is 1.41. The van der Waals surface area contributed by atoms with Crippen LogP contribution in [0, 0.1) is 0 Å². The van der Waals surface area contributed by atoms with Crippen molar-refractivity contribution in [3.63, 3.8) is 0 Å². The lowest BCUT2D eigenvalue weighted by molar-refractivity contribution is 0.0696. The Balaban J connectivity index is 2.10. The molecule has 1 N–H and O–H groups in total. The number of rotatable bonds is 4. The molecular formula is C13H9Cl2NO3. The van der Waals surface area contributed by atoms with E-state index in [0.29, 0.717) is 15.8 Å². The van der Waals surface area contributed by atoms with Gasteiger partial charge in [-0.15, -0.1) is 0 Å². The van der Waals surface area contributed by atoms with Gasteiger partial charge in [0.05, 0.1) is 11.8 Å². The minimum absolute atomic E-state index is 0.0692. The molecule has 0 aliphatic heterocycles. The Kier molecular flexibility index (Phi) is 4.24. The van der Waals surface area contributed by atoms with E-state index in [4.69, 9.17) is 33.0 Å². The second kappa shape index (κ2) is 5.91. The summed E-state index contributed by atoms with van der Waals surface area (Å²) in [6.45, 7) is 0.209. The van der Waals surface area contributed by atoms with Crippen molar-refractivity contribution in [2.45, 2.75) is 6.61 Å². The Morgan fingerprint density at radius 1 is 1.26 bits per heavy atom. The number of hydrogen-bond acceptors (Lipinski definition) is 3. The maximum atomic E-state index is 10.8. The second-order valence-electron chi connectivity index (χ2n) is 3.74. The number of benzene rings is 1. The highest BCUT2D eigenvalue weighted by molar-refractivity contribution is 6.35. The molecule has 0 unspecified atom stereocenters. The maximum absolute atomic E-state index is 10.8. The number of carbonyl (C=O) groups is 1. The molecule has 1 aromatic heterocycles. The summed E-state index contributed by atoms with van der Waals surface area (Å²) in [4.78, 5) is 14.6. The fraction of sp³-hybridized carbons (Fsp3) is 0.0769. The van der Waals surface area contributed by atoms with E-state index in [2.05, 4.69) is 4.98 Å². The lowest BCUT2D eigenvalue weighted by Gasteiger charge is -2.08.